The molecule has 0 aromatic carbocycles. The molecular formula is C18H30N4O5. The van der Waals surface area contributed by atoms with Crippen LogP contribution in [0.3, 0.4) is 0 Å². The van der Waals surface area contributed by atoms with Gasteiger partial charge in [0.15, 0.2) is 5.78 Å². The average Bonchev–Trinajstić information content (AvgIpc) is 2.57. The van der Waals surface area contributed by atoms with Crippen LogP contribution in [0, 0.1) is 12.8 Å². The maximum atomic E-state index is 12.8. The van der Waals surface area contributed by atoms with Crippen molar-refractivity contribution in [1.82, 2.24) is 19.8 Å². The lowest BCUT2D eigenvalue weighted by molar-refractivity contribution is -0.137. The molecule has 0 aliphatic carbocycles. The molecule has 152 valence electrons. The van der Waals surface area contributed by atoms with E-state index in [0.29, 0.717) is 5.56 Å². The lowest BCUT2D eigenvalue weighted by atomic mass is 10.1. The summed E-state index contributed by atoms with van der Waals surface area (Å²) in [5, 5.41) is 12.7. The third-order valence-corrected chi connectivity index (χ3v) is 4.07. The minimum absolute atomic E-state index is 0.0874. The standard InChI is InChI=1S/C18H30N4O5/c1-11(2)15(24)8-21(7-14(10-23)19-12(3)4)16(25)9-22-6-13(5)17(26)20-18(22)27/h6,11-12,14,19,23H,7-10H2,1-5H3,(H,20,26,27)/t14-/m1/s1. The fourth-order valence-electron chi connectivity index (χ4n) is 2.51. The molecule has 0 saturated heterocycles. The van der Waals surface area contributed by atoms with E-state index in [1.165, 1.54) is 18.0 Å². The Bertz CT molecular complexity index is 766. The fourth-order valence-corrected chi connectivity index (χ4v) is 2.51. The number of hydrogen-bond donors (Lipinski definition) is 3. The third-order valence-electron chi connectivity index (χ3n) is 4.07. The number of nitrogens with one attached hydrogen (secondary N) is 2. The van der Waals surface area contributed by atoms with Gasteiger partial charge in [0.25, 0.3) is 5.56 Å². The van der Waals surface area contributed by atoms with Gasteiger partial charge in [0, 0.05) is 36.3 Å². The van der Waals surface area contributed by atoms with E-state index in [1.807, 2.05) is 13.8 Å². The molecule has 0 spiro atoms. The summed E-state index contributed by atoms with van der Waals surface area (Å²) >= 11 is 0. The quantitative estimate of drug-likeness (QED) is 0.489. The van der Waals surface area contributed by atoms with Crippen LogP contribution in [0.25, 0.3) is 0 Å². The summed E-state index contributed by atoms with van der Waals surface area (Å²) < 4.78 is 1.11. The topological polar surface area (TPSA) is 124 Å². The molecule has 0 fully saturated rings. The number of carbonyl (C=O) groups is 2. The number of carbonyl (C=O) groups excluding carboxylic acids is 2. The number of aromatic amines is 1. The van der Waals surface area contributed by atoms with E-state index < -0.39 is 23.2 Å². The summed E-state index contributed by atoms with van der Waals surface area (Å²) in [6, 6.07) is -0.313. The molecule has 1 aromatic heterocycles. The maximum Gasteiger partial charge on any atom is 0.328 e. The summed E-state index contributed by atoms with van der Waals surface area (Å²) in [6.07, 6.45) is 1.32. The zero-order chi connectivity index (χ0) is 20.7. The fraction of sp³-hybridized carbons (Fsp3) is 0.667. The van der Waals surface area contributed by atoms with Crippen LogP contribution < -0.4 is 16.6 Å². The van der Waals surface area contributed by atoms with Crippen LogP contribution in [-0.4, -0.2) is 63.0 Å². The van der Waals surface area contributed by atoms with E-state index in [1.54, 1.807) is 13.8 Å². The molecule has 1 rings (SSSR count). The van der Waals surface area contributed by atoms with Gasteiger partial charge in [0.05, 0.1) is 13.2 Å². The van der Waals surface area contributed by atoms with Gasteiger partial charge in [-0.15, -0.1) is 0 Å². The van der Waals surface area contributed by atoms with Crippen molar-refractivity contribution in [3.63, 3.8) is 0 Å². The second kappa shape index (κ2) is 10.2. The Hall–Kier alpha value is -2.26. The Balaban J connectivity index is 3.04. The Labute approximate surface area is 158 Å². The van der Waals surface area contributed by atoms with Crippen molar-refractivity contribution in [2.24, 2.45) is 5.92 Å². The molecular weight excluding hydrogens is 352 g/mol. The van der Waals surface area contributed by atoms with Crippen molar-refractivity contribution in [2.45, 2.75) is 53.2 Å². The molecule has 1 amide bonds. The highest BCUT2D eigenvalue weighted by atomic mass is 16.3. The van der Waals surface area contributed by atoms with Gasteiger partial charge in [0.2, 0.25) is 5.91 Å². The average molecular weight is 382 g/mol. The third kappa shape index (κ3) is 7.10. The molecule has 0 bridgehead atoms. The molecule has 27 heavy (non-hydrogen) atoms. The number of aromatic nitrogens is 2. The van der Waals surface area contributed by atoms with Crippen LogP contribution in [0.2, 0.25) is 0 Å². The Morgan fingerprint density at radius 2 is 1.89 bits per heavy atom. The van der Waals surface area contributed by atoms with E-state index in [0.717, 1.165) is 4.57 Å². The number of aliphatic hydroxyl groups excluding tert-OH is 1. The number of hydrogen-bond acceptors (Lipinski definition) is 6. The number of amides is 1. The lowest BCUT2D eigenvalue weighted by Gasteiger charge is -2.29. The van der Waals surface area contributed by atoms with Crippen molar-refractivity contribution < 1.29 is 14.7 Å². The first-order valence-corrected chi connectivity index (χ1v) is 9.02. The number of aliphatic hydroxyl groups is 1. The van der Waals surface area contributed by atoms with Crippen molar-refractivity contribution in [2.75, 3.05) is 19.7 Å². The summed E-state index contributed by atoms with van der Waals surface area (Å²) in [5.74, 6) is -0.805. The van der Waals surface area contributed by atoms with Gasteiger partial charge < -0.3 is 15.3 Å². The second-order valence-corrected chi connectivity index (χ2v) is 7.30. The molecule has 3 N–H and O–H groups in total. The second-order valence-electron chi connectivity index (χ2n) is 7.30. The molecule has 9 heteroatoms. The summed E-state index contributed by atoms with van der Waals surface area (Å²) in [6.45, 7) is 8.37. The predicted molar refractivity (Wildman–Crippen MR) is 102 cm³/mol. The molecule has 1 atom stereocenters. The van der Waals surface area contributed by atoms with Crippen LogP contribution in [0.1, 0.15) is 33.3 Å². The number of aryl methyl sites for hydroxylation is 1. The Kier molecular flexibility index (Phi) is 8.58. The van der Waals surface area contributed by atoms with E-state index in [9.17, 15) is 24.3 Å². The molecule has 0 aliphatic rings. The summed E-state index contributed by atoms with van der Waals surface area (Å²) in [5.41, 5.74) is -0.882. The molecule has 0 radical (unpaired) electrons. The van der Waals surface area contributed by atoms with Crippen molar-refractivity contribution >= 4 is 11.7 Å². The number of rotatable bonds is 10. The van der Waals surface area contributed by atoms with Crippen LogP contribution in [-0.2, 0) is 16.1 Å². The first-order valence-electron chi connectivity index (χ1n) is 9.02. The zero-order valence-electron chi connectivity index (χ0n) is 16.6. The first-order chi connectivity index (χ1) is 12.5. The summed E-state index contributed by atoms with van der Waals surface area (Å²) in [7, 11) is 0. The highest BCUT2D eigenvalue weighted by molar-refractivity contribution is 5.87. The van der Waals surface area contributed by atoms with Gasteiger partial charge in [-0.1, -0.05) is 27.7 Å². The number of H-pyrrole nitrogens is 1. The van der Waals surface area contributed by atoms with Gasteiger partial charge in [0.1, 0.15) is 6.54 Å². The normalized spacial score (nSPS) is 12.4. The van der Waals surface area contributed by atoms with E-state index >= 15 is 0 Å². The van der Waals surface area contributed by atoms with Crippen molar-refractivity contribution in [3.05, 3.63) is 32.6 Å². The monoisotopic (exact) mass is 382 g/mol. The van der Waals surface area contributed by atoms with E-state index in [4.69, 9.17) is 0 Å². The van der Waals surface area contributed by atoms with Crippen LogP contribution >= 0.6 is 0 Å². The Morgan fingerprint density at radius 1 is 1.26 bits per heavy atom. The lowest BCUT2D eigenvalue weighted by Crippen LogP contribution is -2.50. The highest BCUT2D eigenvalue weighted by Crippen LogP contribution is 2.03. The van der Waals surface area contributed by atoms with E-state index in [-0.39, 0.29) is 44.0 Å². The smallest absolute Gasteiger partial charge is 0.328 e. The maximum absolute atomic E-state index is 12.8. The minimum Gasteiger partial charge on any atom is -0.395 e. The van der Waals surface area contributed by atoms with Gasteiger partial charge >= 0.3 is 5.69 Å². The van der Waals surface area contributed by atoms with Gasteiger partial charge in [-0.2, -0.15) is 0 Å². The van der Waals surface area contributed by atoms with E-state index in [2.05, 4.69) is 10.3 Å². The minimum atomic E-state index is -0.687. The van der Waals surface area contributed by atoms with Crippen LogP contribution in [0.5, 0.6) is 0 Å². The SMILES string of the molecule is Cc1cn(CC(=O)N(CC(=O)C(C)C)C[C@H](CO)NC(C)C)c(=O)[nH]c1=O. The zero-order valence-corrected chi connectivity index (χ0v) is 16.6. The van der Waals surface area contributed by atoms with Crippen LogP contribution in [0.4, 0.5) is 0 Å². The first kappa shape index (κ1) is 22.8. The van der Waals surface area contributed by atoms with Crippen molar-refractivity contribution in [1.29, 1.82) is 0 Å². The van der Waals surface area contributed by atoms with Crippen LogP contribution in [0.15, 0.2) is 15.8 Å². The molecule has 1 aromatic rings. The van der Waals surface area contributed by atoms with Gasteiger partial charge in [-0.05, 0) is 6.92 Å². The van der Waals surface area contributed by atoms with Gasteiger partial charge in [-0.25, -0.2) is 4.79 Å². The number of nitrogens with zero attached hydrogens (tertiary/aromatic N) is 2. The number of ketones is 1. The highest BCUT2D eigenvalue weighted by Gasteiger charge is 2.23. The molecule has 1 heterocycles. The molecule has 0 unspecified atom stereocenters. The van der Waals surface area contributed by atoms with Crippen molar-refractivity contribution in [3.8, 4) is 0 Å². The number of Topliss-reactive ketones (excluding diaryl/α,β-unsaturated/α-hetero) is 1. The Morgan fingerprint density at radius 3 is 2.41 bits per heavy atom. The molecule has 0 aliphatic heterocycles. The summed E-state index contributed by atoms with van der Waals surface area (Å²) in [4.78, 5) is 51.8. The molecule has 0 saturated carbocycles. The molecule has 9 nitrogen and oxygen atoms in total. The predicted octanol–water partition coefficient (Wildman–Crippen LogP) is -0.742. The van der Waals surface area contributed by atoms with Gasteiger partial charge in [-0.3, -0.25) is 23.9 Å². The largest absolute Gasteiger partial charge is 0.395 e.